The quantitative estimate of drug-likeness (QED) is 0.780. The van der Waals surface area contributed by atoms with Crippen LogP contribution in [0.4, 0.5) is 4.39 Å². The van der Waals surface area contributed by atoms with Gasteiger partial charge in [0, 0.05) is 30.7 Å². The van der Waals surface area contributed by atoms with Crippen molar-refractivity contribution in [1.29, 1.82) is 0 Å². The van der Waals surface area contributed by atoms with Crippen LogP contribution >= 0.6 is 0 Å². The summed E-state index contributed by atoms with van der Waals surface area (Å²) >= 11 is 0. The van der Waals surface area contributed by atoms with Gasteiger partial charge in [0.25, 0.3) is 0 Å². The van der Waals surface area contributed by atoms with Crippen LogP contribution < -0.4 is 0 Å². The summed E-state index contributed by atoms with van der Waals surface area (Å²) in [7, 11) is -2.07. The fourth-order valence-electron chi connectivity index (χ4n) is 2.52. The van der Waals surface area contributed by atoms with E-state index in [-0.39, 0.29) is 4.90 Å². The number of likely N-dealkylation sites (N-methyl/N-ethyl adjacent to an activating group) is 1. The first-order valence-corrected chi connectivity index (χ1v) is 8.69. The molecule has 0 bridgehead atoms. The number of sulfonamides is 1. The van der Waals surface area contributed by atoms with Gasteiger partial charge in [-0.2, -0.15) is 0 Å². The molecular weight excluding hydrogens is 315 g/mol. The Morgan fingerprint density at radius 1 is 1.09 bits per heavy atom. The lowest BCUT2D eigenvalue weighted by molar-refractivity contribution is 0.472. The van der Waals surface area contributed by atoms with Crippen LogP contribution in [0.5, 0.6) is 0 Å². The molecule has 1 aromatic heterocycles. The summed E-state index contributed by atoms with van der Waals surface area (Å²) in [5.41, 5.74) is 2.10. The van der Waals surface area contributed by atoms with Crippen molar-refractivity contribution in [2.75, 3.05) is 13.6 Å². The van der Waals surface area contributed by atoms with E-state index < -0.39 is 15.8 Å². The zero-order valence-corrected chi connectivity index (χ0v) is 13.5. The molecule has 0 aliphatic carbocycles. The van der Waals surface area contributed by atoms with Crippen molar-refractivity contribution in [3.8, 4) is 0 Å². The average molecular weight is 332 g/mol. The minimum atomic E-state index is -3.61. The van der Waals surface area contributed by atoms with Gasteiger partial charge < -0.3 is 4.98 Å². The first kappa shape index (κ1) is 15.7. The van der Waals surface area contributed by atoms with Crippen LogP contribution in [-0.4, -0.2) is 31.3 Å². The van der Waals surface area contributed by atoms with Crippen molar-refractivity contribution in [2.24, 2.45) is 0 Å². The number of halogens is 1. The molecule has 2 aromatic carbocycles. The van der Waals surface area contributed by atoms with Crippen LogP contribution in [-0.2, 0) is 16.4 Å². The second-order valence-corrected chi connectivity index (χ2v) is 7.43. The number of rotatable bonds is 5. The van der Waals surface area contributed by atoms with E-state index in [1.54, 1.807) is 0 Å². The molecule has 23 heavy (non-hydrogen) atoms. The Labute approximate surface area is 134 Å². The third kappa shape index (κ3) is 3.13. The predicted octanol–water partition coefficient (Wildman–Crippen LogP) is 3.17. The number of hydrogen-bond donors (Lipinski definition) is 1. The van der Waals surface area contributed by atoms with Crippen LogP contribution in [0.1, 0.15) is 5.56 Å². The van der Waals surface area contributed by atoms with Gasteiger partial charge in [0.2, 0.25) is 10.0 Å². The molecule has 0 spiro atoms. The largest absolute Gasteiger partial charge is 0.361 e. The molecule has 0 amide bonds. The molecule has 0 unspecified atom stereocenters. The van der Waals surface area contributed by atoms with Gasteiger partial charge in [-0.15, -0.1) is 0 Å². The molecule has 4 nitrogen and oxygen atoms in total. The Bertz CT molecular complexity index is 917. The van der Waals surface area contributed by atoms with E-state index in [1.165, 1.54) is 23.5 Å². The maximum absolute atomic E-state index is 12.9. The summed E-state index contributed by atoms with van der Waals surface area (Å²) in [6.45, 7) is 0.349. The van der Waals surface area contributed by atoms with Gasteiger partial charge in [-0.05, 0) is 42.3 Å². The van der Waals surface area contributed by atoms with Crippen LogP contribution in [0.15, 0.2) is 59.6 Å². The second kappa shape index (κ2) is 6.14. The van der Waals surface area contributed by atoms with Gasteiger partial charge in [-0.3, -0.25) is 0 Å². The molecule has 0 saturated heterocycles. The van der Waals surface area contributed by atoms with Gasteiger partial charge in [0.1, 0.15) is 5.82 Å². The first-order chi connectivity index (χ1) is 11.0. The average Bonchev–Trinajstić information content (AvgIpc) is 2.96. The molecule has 0 aliphatic heterocycles. The second-order valence-electron chi connectivity index (χ2n) is 5.39. The van der Waals surface area contributed by atoms with E-state index in [0.717, 1.165) is 28.6 Å². The molecule has 6 heteroatoms. The maximum atomic E-state index is 12.9. The Kier molecular flexibility index (Phi) is 4.19. The standard InChI is InChI=1S/C17H17FN2O2S/c1-20(23(21,22)15-8-6-14(18)7-9-15)11-10-13-12-19-17-5-3-2-4-16(13)17/h2-9,12,19H,10-11H2,1H3. The fraction of sp³-hybridized carbons (Fsp3) is 0.176. The minimum absolute atomic E-state index is 0.0975. The smallest absolute Gasteiger partial charge is 0.242 e. The Balaban J connectivity index is 1.76. The molecule has 0 fully saturated rings. The molecule has 120 valence electrons. The molecule has 0 aliphatic rings. The van der Waals surface area contributed by atoms with Gasteiger partial charge >= 0.3 is 0 Å². The molecule has 1 heterocycles. The maximum Gasteiger partial charge on any atom is 0.242 e. The van der Waals surface area contributed by atoms with Crippen LogP contribution in [0.2, 0.25) is 0 Å². The molecule has 1 N–H and O–H groups in total. The van der Waals surface area contributed by atoms with Gasteiger partial charge in [-0.25, -0.2) is 17.1 Å². The summed E-state index contributed by atoms with van der Waals surface area (Å²) in [6.07, 6.45) is 2.50. The van der Waals surface area contributed by atoms with Crippen molar-refractivity contribution >= 4 is 20.9 Å². The van der Waals surface area contributed by atoms with Crippen molar-refractivity contribution in [2.45, 2.75) is 11.3 Å². The first-order valence-electron chi connectivity index (χ1n) is 7.25. The van der Waals surface area contributed by atoms with E-state index >= 15 is 0 Å². The monoisotopic (exact) mass is 332 g/mol. The molecular formula is C17H17FN2O2S. The number of aromatic amines is 1. The van der Waals surface area contributed by atoms with E-state index in [2.05, 4.69) is 4.98 Å². The highest BCUT2D eigenvalue weighted by Crippen LogP contribution is 2.20. The lowest BCUT2D eigenvalue weighted by Crippen LogP contribution is -2.29. The summed E-state index contributed by atoms with van der Waals surface area (Å²) in [4.78, 5) is 3.28. The Morgan fingerprint density at radius 2 is 1.78 bits per heavy atom. The van der Waals surface area contributed by atoms with Crippen molar-refractivity contribution < 1.29 is 12.8 Å². The highest BCUT2D eigenvalue weighted by atomic mass is 32.2. The molecule has 3 aromatic rings. The van der Waals surface area contributed by atoms with Crippen molar-refractivity contribution in [1.82, 2.24) is 9.29 Å². The summed E-state index contributed by atoms with van der Waals surface area (Å²) in [5, 5.41) is 1.10. The van der Waals surface area contributed by atoms with E-state index in [9.17, 15) is 12.8 Å². The lowest BCUT2D eigenvalue weighted by atomic mass is 10.1. The number of fused-ring (bicyclic) bond motifs is 1. The van der Waals surface area contributed by atoms with Crippen molar-refractivity contribution in [3.05, 3.63) is 66.1 Å². The molecule has 0 atom stereocenters. The van der Waals surface area contributed by atoms with Gasteiger partial charge in [0.05, 0.1) is 4.90 Å². The zero-order chi connectivity index (χ0) is 16.4. The zero-order valence-electron chi connectivity index (χ0n) is 12.7. The number of nitrogens with one attached hydrogen (secondary N) is 1. The number of H-pyrrole nitrogens is 1. The van der Waals surface area contributed by atoms with Crippen LogP contribution in [0, 0.1) is 5.82 Å². The van der Waals surface area contributed by atoms with Gasteiger partial charge in [0.15, 0.2) is 0 Å². The highest BCUT2D eigenvalue weighted by molar-refractivity contribution is 7.89. The fourth-order valence-corrected chi connectivity index (χ4v) is 3.69. The van der Waals surface area contributed by atoms with E-state index in [0.29, 0.717) is 13.0 Å². The minimum Gasteiger partial charge on any atom is -0.361 e. The van der Waals surface area contributed by atoms with Crippen molar-refractivity contribution in [3.63, 3.8) is 0 Å². The van der Waals surface area contributed by atoms with E-state index in [4.69, 9.17) is 0 Å². The number of aromatic nitrogens is 1. The summed E-state index contributed by atoms with van der Waals surface area (Å²) in [6, 6.07) is 12.8. The molecule has 0 radical (unpaired) electrons. The molecule has 3 rings (SSSR count). The van der Waals surface area contributed by atoms with Crippen LogP contribution in [0.3, 0.4) is 0 Å². The number of hydrogen-bond acceptors (Lipinski definition) is 2. The Hall–Kier alpha value is -2.18. The predicted molar refractivity (Wildman–Crippen MR) is 88.2 cm³/mol. The third-order valence-corrected chi connectivity index (χ3v) is 5.76. The number of benzene rings is 2. The van der Waals surface area contributed by atoms with Crippen LogP contribution in [0.25, 0.3) is 10.9 Å². The summed E-state index contributed by atoms with van der Waals surface area (Å²) < 4.78 is 39.2. The normalized spacial score (nSPS) is 12.1. The SMILES string of the molecule is CN(CCc1c[nH]c2ccccc12)S(=O)(=O)c1ccc(F)cc1. The van der Waals surface area contributed by atoms with Gasteiger partial charge in [-0.1, -0.05) is 18.2 Å². The van der Waals surface area contributed by atoms with E-state index in [1.807, 2.05) is 30.5 Å². The highest BCUT2D eigenvalue weighted by Gasteiger charge is 2.20. The Morgan fingerprint density at radius 3 is 2.52 bits per heavy atom. The summed E-state index contributed by atoms with van der Waals surface area (Å²) in [5.74, 6) is -0.453. The number of nitrogens with zero attached hydrogens (tertiary/aromatic N) is 1. The topological polar surface area (TPSA) is 53.2 Å². The number of para-hydroxylation sites is 1. The lowest BCUT2D eigenvalue weighted by Gasteiger charge is -2.17. The molecule has 0 saturated carbocycles. The third-order valence-electron chi connectivity index (χ3n) is 3.89.